The van der Waals surface area contributed by atoms with Crippen molar-refractivity contribution in [2.45, 2.75) is 31.7 Å². The Kier molecular flexibility index (Phi) is 6.90. The Morgan fingerprint density at radius 1 is 1.34 bits per heavy atom. The van der Waals surface area contributed by atoms with Crippen LogP contribution in [0, 0.1) is 5.92 Å². The lowest BCUT2D eigenvalue weighted by Gasteiger charge is -2.40. The lowest BCUT2D eigenvalue weighted by atomic mass is 10.0. The molecule has 0 bridgehead atoms. The number of likely N-dealkylation sites (tertiary alicyclic amines) is 1. The van der Waals surface area contributed by atoms with Gasteiger partial charge in [-0.25, -0.2) is 4.98 Å². The normalized spacial score (nSPS) is 18.7. The van der Waals surface area contributed by atoms with E-state index in [0.29, 0.717) is 30.6 Å². The second kappa shape index (κ2) is 9.99. The second-order valence-electron chi connectivity index (χ2n) is 8.50. The number of hydrogen-bond acceptors (Lipinski definition) is 6. The predicted octanol–water partition coefficient (Wildman–Crippen LogP) is 2.17. The van der Waals surface area contributed by atoms with E-state index in [2.05, 4.69) is 14.9 Å². The highest BCUT2D eigenvalue weighted by Gasteiger charge is 2.33. The van der Waals surface area contributed by atoms with Gasteiger partial charge in [-0.3, -0.25) is 9.59 Å². The molecule has 0 unspecified atom stereocenters. The number of amides is 1. The molecule has 3 N–H and O–H groups in total. The molecule has 1 aliphatic carbocycles. The van der Waals surface area contributed by atoms with Crippen LogP contribution in [0.5, 0.6) is 5.88 Å². The van der Waals surface area contributed by atoms with Gasteiger partial charge in [0.05, 0.1) is 7.11 Å². The van der Waals surface area contributed by atoms with Crippen LogP contribution in [-0.4, -0.2) is 60.1 Å². The summed E-state index contributed by atoms with van der Waals surface area (Å²) in [6, 6.07) is 5.80. The van der Waals surface area contributed by atoms with Gasteiger partial charge in [-0.15, -0.1) is 0 Å². The quantitative estimate of drug-likeness (QED) is 0.614. The number of nitrogens with zero attached hydrogens (tertiary/aromatic N) is 3. The fraction of sp³-hybridized carbons (Fsp3) is 0.458. The van der Waals surface area contributed by atoms with Crippen molar-refractivity contribution in [3.8, 4) is 17.0 Å². The summed E-state index contributed by atoms with van der Waals surface area (Å²) >= 11 is 0. The average molecular weight is 438 g/mol. The van der Waals surface area contributed by atoms with Gasteiger partial charge in [0.1, 0.15) is 5.69 Å². The number of anilines is 1. The maximum Gasteiger partial charge on any atom is 0.271 e. The molecule has 1 amide bonds. The van der Waals surface area contributed by atoms with E-state index in [1.54, 1.807) is 31.7 Å². The first-order valence-corrected chi connectivity index (χ1v) is 11.2. The molecule has 0 aromatic carbocycles. The van der Waals surface area contributed by atoms with E-state index < -0.39 is 0 Å². The summed E-state index contributed by atoms with van der Waals surface area (Å²) in [6.07, 6.45) is 10.9. The van der Waals surface area contributed by atoms with E-state index >= 15 is 0 Å². The number of nitrogens with one attached hydrogen (secondary N) is 1. The molecule has 2 aliphatic rings. The van der Waals surface area contributed by atoms with Gasteiger partial charge < -0.3 is 25.3 Å². The zero-order valence-electron chi connectivity index (χ0n) is 18.5. The van der Waals surface area contributed by atoms with Crippen molar-refractivity contribution in [2.24, 2.45) is 11.7 Å². The molecule has 1 saturated heterocycles. The molecular formula is C24H31N5O3. The summed E-state index contributed by atoms with van der Waals surface area (Å²) in [5.74, 6) is 1.11. The summed E-state index contributed by atoms with van der Waals surface area (Å²) in [7, 11) is 1.58. The second-order valence-corrected chi connectivity index (χ2v) is 8.50. The van der Waals surface area contributed by atoms with Crippen LogP contribution in [0.15, 0.2) is 47.5 Å². The predicted molar refractivity (Wildman–Crippen MR) is 125 cm³/mol. The number of aromatic amines is 1. The van der Waals surface area contributed by atoms with E-state index in [0.717, 1.165) is 37.1 Å². The molecule has 32 heavy (non-hydrogen) atoms. The summed E-state index contributed by atoms with van der Waals surface area (Å²) in [6.45, 7) is 2.51. The summed E-state index contributed by atoms with van der Waals surface area (Å²) in [5.41, 5.74) is 7.87. The molecule has 1 atom stereocenters. The van der Waals surface area contributed by atoms with Crippen molar-refractivity contribution in [1.82, 2.24) is 14.9 Å². The Balaban J connectivity index is 1.63. The van der Waals surface area contributed by atoms with Crippen molar-refractivity contribution < 1.29 is 9.53 Å². The van der Waals surface area contributed by atoms with Gasteiger partial charge in [-0.2, -0.15) is 0 Å². The third-order valence-corrected chi connectivity index (χ3v) is 6.17. The van der Waals surface area contributed by atoms with Gasteiger partial charge in [-0.1, -0.05) is 6.08 Å². The van der Waals surface area contributed by atoms with Crippen LogP contribution in [-0.2, 0) is 4.79 Å². The van der Waals surface area contributed by atoms with E-state index in [-0.39, 0.29) is 17.5 Å². The highest BCUT2D eigenvalue weighted by atomic mass is 16.5. The summed E-state index contributed by atoms with van der Waals surface area (Å²) in [5, 5.41) is 0. The number of H-pyrrole nitrogens is 1. The van der Waals surface area contributed by atoms with Crippen molar-refractivity contribution >= 4 is 11.6 Å². The van der Waals surface area contributed by atoms with Crippen LogP contribution >= 0.6 is 0 Å². The standard InChI is InChI=1S/C24H31N5O3/c1-32-22-13-18(8-10-26-22)19-12-21(24(31)27-14-19)29(15-17-6-7-17)20-4-3-11-28(16-20)23(30)5-2-9-25/h2,5,8,10,12-14,17,20H,3-4,6-7,9,11,15-16,25H2,1H3,(H,27,31)/t20-/m1/s1. The number of piperidine rings is 1. The Morgan fingerprint density at radius 3 is 2.94 bits per heavy atom. The van der Waals surface area contributed by atoms with Crippen LogP contribution in [0.1, 0.15) is 25.7 Å². The molecule has 1 saturated carbocycles. The zero-order valence-corrected chi connectivity index (χ0v) is 18.5. The topological polar surface area (TPSA) is 105 Å². The van der Waals surface area contributed by atoms with E-state index in [1.165, 1.54) is 12.8 Å². The smallest absolute Gasteiger partial charge is 0.271 e. The third kappa shape index (κ3) is 5.19. The Morgan fingerprint density at radius 2 is 2.19 bits per heavy atom. The first-order valence-electron chi connectivity index (χ1n) is 11.2. The van der Waals surface area contributed by atoms with E-state index in [9.17, 15) is 9.59 Å². The van der Waals surface area contributed by atoms with Crippen molar-refractivity contribution in [3.63, 3.8) is 0 Å². The SMILES string of the molecule is COc1cc(-c2c[nH]c(=O)c(N(CC3CC3)[C@@H]3CCCN(C(=O)C=CCN)C3)c2)ccn1. The molecule has 2 fully saturated rings. The molecule has 3 heterocycles. The molecule has 2 aromatic rings. The number of aromatic nitrogens is 2. The van der Waals surface area contributed by atoms with Gasteiger partial charge >= 0.3 is 0 Å². The molecule has 2 aromatic heterocycles. The van der Waals surface area contributed by atoms with Gasteiger partial charge in [0.2, 0.25) is 11.8 Å². The van der Waals surface area contributed by atoms with Crippen LogP contribution in [0.25, 0.3) is 11.1 Å². The Hall–Kier alpha value is -3.13. The van der Waals surface area contributed by atoms with Gasteiger partial charge in [0.25, 0.3) is 5.56 Å². The van der Waals surface area contributed by atoms with Crippen LogP contribution in [0.3, 0.4) is 0 Å². The molecule has 0 radical (unpaired) electrons. The van der Waals surface area contributed by atoms with Gasteiger partial charge in [-0.05, 0) is 49.3 Å². The number of rotatable bonds is 8. The monoisotopic (exact) mass is 437 g/mol. The molecule has 1 aliphatic heterocycles. The third-order valence-electron chi connectivity index (χ3n) is 6.17. The Bertz CT molecular complexity index is 1030. The summed E-state index contributed by atoms with van der Waals surface area (Å²) < 4.78 is 5.25. The molecule has 4 rings (SSSR count). The van der Waals surface area contributed by atoms with Gasteiger partial charge in [0, 0.05) is 62.3 Å². The molecular weight excluding hydrogens is 406 g/mol. The number of carbonyl (C=O) groups excluding carboxylic acids is 1. The van der Waals surface area contributed by atoms with E-state index in [1.807, 2.05) is 23.1 Å². The fourth-order valence-corrected chi connectivity index (χ4v) is 4.26. The molecule has 8 nitrogen and oxygen atoms in total. The number of methoxy groups -OCH3 is 1. The first kappa shape index (κ1) is 22.1. The van der Waals surface area contributed by atoms with Crippen molar-refractivity contribution in [2.75, 3.05) is 38.2 Å². The zero-order chi connectivity index (χ0) is 22.5. The maximum absolute atomic E-state index is 12.9. The minimum Gasteiger partial charge on any atom is -0.481 e. The van der Waals surface area contributed by atoms with Crippen molar-refractivity contribution in [3.05, 3.63) is 53.1 Å². The van der Waals surface area contributed by atoms with Crippen LogP contribution in [0.2, 0.25) is 0 Å². The maximum atomic E-state index is 12.9. The molecule has 8 heteroatoms. The van der Waals surface area contributed by atoms with Crippen LogP contribution in [0.4, 0.5) is 5.69 Å². The number of carbonyl (C=O) groups is 1. The van der Waals surface area contributed by atoms with Crippen LogP contribution < -0.4 is 20.9 Å². The minimum absolute atomic E-state index is 0.0157. The molecule has 0 spiro atoms. The number of pyridine rings is 2. The fourth-order valence-electron chi connectivity index (χ4n) is 4.26. The number of nitrogens with two attached hydrogens (primary N) is 1. The first-order chi connectivity index (χ1) is 15.6. The highest BCUT2D eigenvalue weighted by Crippen LogP contribution is 2.34. The lowest BCUT2D eigenvalue weighted by Crippen LogP contribution is -2.51. The largest absolute Gasteiger partial charge is 0.481 e. The minimum atomic E-state index is -0.109. The van der Waals surface area contributed by atoms with Gasteiger partial charge in [0.15, 0.2) is 0 Å². The lowest BCUT2D eigenvalue weighted by molar-refractivity contribution is -0.127. The van der Waals surface area contributed by atoms with E-state index in [4.69, 9.17) is 10.5 Å². The van der Waals surface area contributed by atoms with Crippen molar-refractivity contribution in [1.29, 1.82) is 0 Å². The average Bonchev–Trinajstić information content (AvgIpc) is 3.66. The number of hydrogen-bond donors (Lipinski definition) is 2. The Labute approximate surface area is 188 Å². The molecule has 170 valence electrons. The number of ether oxygens (including phenoxy) is 1. The summed E-state index contributed by atoms with van der Waals surface area (Å²) in [4.78, 5) is 36.7. The highest BCUT2D eigenvalue weighted by molar-refractivity contribution is 5.87.